The number of hydrogen-bond donors (Lipinski definition) is 1. The summed E-state index contributed by atoms with van der Waals surface area (Å²) in [5.74, 6) is 0.644. The maximum atomic E-state index is 14.8. The highest BCUT2D eigenvalue weighted by molar-refractivity contribution is 7.17. The molecule has 1 fully saturated rings. The fourth-order valence-corrected chi connectivity index (χ4v) is 4.83. The second-order valence-corrected chi connectivity index (χ2v) is 8.17. The van der Waals surface area contributed by atoms with Gasteiger partial charge >= 0.3 is 0 Å². The Hall–Kier alpha value is -2.75. The highest BCUT2D eigenvalue weighted by Crippen LogP contribution is 2.41. The number of aromatic nitrogens is 3. The first-order valence-electron chi connectivity index (χ1n) is 9.41. The summed E-state index contributed by atoms with van der Waals surface area (Å²) in [5.41, 5.74) is 0.545. The Bertz CT molecular complexity index is 1130. The van der Waals surface area contributed by atoms with Crippen molar-refractivity contribution in [3.63, 3.8) is 0 Å². The van der Waals surface area contributed by atoms with Gasteiger partial charge < -0.3 is 14.4 Å². The lowest BCUT2D eigenvalue weighted by Gasteiger charge is -2.37. The molecule has 1 aromatic carbocycles. The Morgan fingerprint density at radius 3 is 2.62 bits per heavy atom. The minimum Gasteiger partial charge on any atom is -0.492 e. The first-order chi connectivity index (χ1) is 14.1. The van der Waals surface area contributed by atoms with Crippen LogP contribution in [0, 0.1) is 5.82 Å². The topological polar surface area (TPSA) is 70.0 Å². The molecule has 29 heavy (non-hydrogen) atoms. The summed E-state index contributed by atoms with van der Waals surface area (Å²) in [4.78, 5) is 10.1. The molecule has 1 unspecified atom stereocenters. The number of hydrogen-bond acceptors (Lipinski definition) is 7. The number of aromatic hydroxyl groups is 1. The molecule has 1 aliphatic heterocycles. The zero-order chi connectivity index (χ0) is 20.0. The van der Waals surface area contributed by atoms with Crippen molar-refractivity contribution in [1.29, 1.82) is 0 Å². The van der Waals surface area contributed by atoms with Gasteiger partial charge in [-0.2, -0.15) is 9.50 Å². The second kappa shape index (κ2) is 7.25. The second-order valence-electron chi connectivity index (χ2n) is 7.16. The number of halogens is 1. The van der Waals surface area contributed by atoms with Crippen LogP contribution in [0.3, 0.4) is 0 Å². The lowest BCUT2D eigenvalue weighted by Crippen LogP contribution is -2.46. The third kappa shape index (κ3) is 3.21. The zero-order valence-electron chi connectivity index (χ0n) is 15.8. The molecule has 3 aromatic heterocycles. The molecule has 4 aromatic rings. The van der Waals surface area contributed by atoms with Gasteiger partial charge in [0.1, 0.15) is 5.82 Å². The van der Waals surface area contributed by atoms with Crippen LogP contribution in [0.2, 0.25) is 0 Å². The molecule has 7 nitrogen and oxygen atoms in total. The fraction of sp³-hybridized carbons (Fsp3) is 0.300. The zero-order valence-corrected chi connectivity index (χ0v) is 16.6. The van der Waals surface area contributed by atoms with E-state index in [1.54, 1.807) is 30.5 Å². The first kappa shape index (κ1) is 18.3. The minimum atomic E-state index is -0.398. The number of nitrogens with zero attached hydrogens (tertiary/aromatic N) is 5. The fourth-order valence-electron chi connectivity index (χ4n) is 3.72. The molecule has 1 atom stereocenters. The van der Waals surface area contributed by atoms with Gasteiger partial charge in [0.15, 0.2) is 5.76 Å². The summed E-state index contributed by atoms with van der Waals surface area (Å²) in [5, 5.41) is 15.4. The van der Waals surface area contributed by atoms with E-state index in [9.17, 15) is 9.50 Å². The molecular formula is C20H20FN5O2S. The molecule has 0 bridgehead atoms. The van der Waals surface area contributed by atoms with E-state index >= 15 is 0 Å². The van der Waals surface area contributed by atoms with Gasteiger partial charge in [0.05, 0.1) is 17.2 Å². The Morgan fingerprint density at radius 2 is 1.93 bits per heavy atom. The monoisotopic (exact) mass is 413 g/mol. The van der Waals surface area contributed by atoms with E-state index in [2.05, 4.69) is 26.9 Å². The molecule has 0 aliphatic carbocycles. The number of thiazole rings is 1. The highest BCUT2D eigenvalue weighted by atomic mass is 32.1. The van der Waals surface area contributed by atoms with E-state index in [-0.39, 0.29) is 11.7 Å². The van der Waals surface area contributed by atoms with Crippen LogP contribution in [0.4, 0.5) is 4.39 Å². The van der Waals surface area contributed by atoms with Gasteiger partial charge in [-0.05, 0) is 25.2 Å². The van der Waals surface area contributed by atoms with Gasteiger partial charge in [0.25, 0.3) is 0 Å². The SMILES string of the molecule is CN1CCN(C(c2ccccc2F)c2sc3nc(-c4ccco4)nn3c2O)CC1. The summed E-state index contributed by atoms with van der Waals surface area (Å²) in [6.45, 7) is 3.32. The molecule has 150 valence electrons. The normalized spacial score (nSPS) is 17.2. The molecule has 0 spiro atoms. The summed E-state index contributed by atoms with van der Waals surface area (Å²) >= 11 is 1.32. The maximum Gasteiger partial charge on any atom is 0.230 e. The van der Waals surface area contributed by atoms with Crippen molar-refractivity contribution >= 4 is 16.3 Å². The van der Waals surface area contributed by atoms with Crippen LogP contribution in [0.15, 0.2) is 47.1 Å². The van der Waals surface area contributed by atoms with Gasteiger partial charge in [-0.1, -0.05) is 29.5 Å². The number of rotatable bonds is 4. The number of furan rings is 1. The molecule has 1 N–H and O–H groups in total. The summed E-state index contributed by atoms with van der Waals surface area (Å²) < 4.78 is 21.5. The van der Waals surface area contributed by atoms with Crippen LogP contribution in [-0.2, 0) is 0 Å². The molecule has 0 amide bonds. The Morgan fingerprint density at radius 1 is 1.14 bits per heavy atom. The Labute approximate surface area is 170 Å². The summed E-state index contributed by atoms with van der Waals surface area (Å²) in [6.07, 6.45) is 1.55. The van der Waals surface area contributed by atoms with E-state index < -0.39 is 6.04 Å². The molecule has 1 saturated heterocycles. The largest absolute Gasteiger partial charge is 0.492 e. The van der Waals surface area contributed by atoms with Crippen molar-refractivity contribution in [1.82, 2.24) is 24.4 Å². The number of benzene rings is 1. The Kier molecular flexibility index (Phi) is 4.57. The van der Waals surface area contributed by atoms with Gasteiger partial charge in [-0.3, -0.25) is 4.90 Å². The molecular weight excluding hydrogens is 393 g/mol. The Balaban J connectivity index is 1.60. The third-order valence-electron chi connectivity index (χ3n) is 5.29. The number of likely N-dealkylation sites (N-methyl/N-ethyl adjacent to an activating group) is 1. The highest BCUT2D eigenvalue weighted by Gasteiger charge is 2.32. The molecule has 5 rings (SSSR count). The lowest BCUT2D eigenvalue weighted by molar-refractivity contribution is 0.125. The molecule has 1 aliphatic rings. The average Bonchev–Trinajstić information content (AvgIpc) is 3.44. The van der Waals surface area contributed by atoms with Crippen molar-refractivity contribution in [2.24, 2.45) is 0 Å². The van der Waals surface area contributed by atoms with Crippen molar-refractivity contribution in [2.75, 3.05) is 33.2 Å². The molecule has 0 saturated carbocycles. The van der Waals surface area contributed by atoms with E-state index in [1.807, 2.05) is 6.07 Å². The standard InChI is InChI=1S/C20H20FN5O2S/c1-24-8-10-25(11-9-24)16(13-5-2-3-6-14(13)21)17-19(27)26-20(29-17)22-18(23-26)15-7-4-12-28-15/h2-7,12,16,27H,8-11H2,1H3. The van der Waals surface area contributed by atoms with Crippen molar-refractivity contribution in [3.8, 4) is 17.5 Å². The first-order valence-corrected chi connectivity index (χ1v) is 10.2. The van der Waals surface area contributed by atoms with Crippen LogP contribution in [0.5, 0.6) is 5.88 Å². The predicted octanol–water partition coefficient (Wildman–Crippen LogP) is 3.23. The maximum absolute atomic E-state index is 14.8. The molecule has 9 heteroatoms. The van der Waals surface area contributed by atoms with E-state index in [1.165, 1.54) is 21.9 Å². The number of piperazine rings is 1. The van der Waals surface area contributed by atoms with Gasteiger partial charge in [-0.15, -0.1) is 5.10 Å². The van der Waals surface area contributed by atoms with Crippen LogP contribution in [0.25, 0.3) is 16.5 Å². The smallest absolute Gasteiger partial charge is 0.230 e. The van der Waals surface area contributed by atoms with Crippen LogP contribution < -0.4 is 0 Å². The van der Waals surface area contributed by atoms with Crippen LogP contribution in [0.1, 0.15) is 16.5 Å². The van der Waals surface area contributed by atoms with Crippen molar-refractivity contribution in [3.05, 3.63) is 58.9 Å². The quantitative estimate of drug-likeness (QED) is 0.554. The molecule has 0 radical (unpaired) electrons. The number of fused-ring (bicyclic) bond motifs is 1. The van der Waals surface area contributed by atoms with E-state index in [4.69, 9.17) is 4.42 Å². The average molecular weight is 413 g/mol. The van der Waals surface area contributed by atoms with Crippen LogP contribution >= 0.6 is 11.3 Å². The van der Waals surface area contributed by atoms with Crippen LogP contribution in [-0.4, -0.2) is 62.7 Å². The van der Waals surface area contributed by atoms with Crippen molar-refractivity contribution in [2.45, 2.75) is 6.04 Å². The van der Waals surface area contributed by atoms with Gasteiger partial charge in [0, 0.05) is 31.7 Å². The van der Waals surface area contributed by atoms with E-state index in [0.717, 1.165) is 26.2 Å². The lowest BCUT2D eigenvalue weighted by atomic mass is 10.0. The van der Waals surface area contributed by atoms with E-state index in [0.29, 0.717) is 27.0 Å². The summed E-state index contributed by atoms with van der Waals surface area (Å²) in [7, 11) is 2.08. The van der Waals surface area contributed by atoms with Gasteiger partial charge in [0.2, 0.25) is 16.7 Å². The minimum absolute atomic E-state index is 0.0116. The summed E-state index contributed by atoms with van der Waals surface area (Å²) in [6, 6.07) is 9.87. The third-order valence-corrected chi connectivity index (χ3v) is 6.36. The molecule has 4 heterocycles. The van der Waals surface area contributed by atoms with Crippen molar-refractivity contribution < 1.29 is 13.9 Å². The van der Waals surface area contributed by atoms with Gasteiger partial charge in [-0.25, -0.2) is 4.39 Å². The predicted molar refractivity (Wildman–Crippen MR) is 108 cm³/mol.